The summed E-state index contributed by atoms with van der Waals surface area (Å²) >= 11 is 0. The van der Waals surface area contributed by atoms with Gasteiger partial charge in [0.1, 0.15) is 26.9 Å². The van der Waals surface area contributed by atoms with Crippen molar-refractivity contribution in [3.63, 3.8) is 0 Å². The van der Waals surface area contributed by atoms with Gasteiger partial charge in [0.15, 0.2) is 5.04 Å². The molecule has 1 unspecified atom stereocenters. The van der Waals surface area contributed by atoms with Crippen LogP contribution in [0.25, 0.3) is 0 Å². The minimum absolute atomic E-state index is 0.212. The summed E-state index contributed by atoms with van der Waals surface area (Å²) in [5.74, 6) is -4.85. The topological polar surface area (TPSA) is 67.8 Å². The molecule has 0 aliphatic carbocycles. The Balaban J connectivity index is 2.60. The van der Waals surface area contributed by atoms with Gasteiger partial charge in [-0.1, -0.05) is 11.2 Å². The number of carbonyl (C=O) groups excluding carboxylic acids is 1. The smallest absolute Gasteiger partial charge is 0.389 e. The van der Waals surface area contributed by atoms with Crippen LogP contribution in [0.3, 0.4) is 0 Å². The molecule has 1 amide bonds. The van der Waals surface area contributed by atoms with Gasteiger partial charge in [-0.15, -0.1) is 0 Å². The zero-order valence-electron chi connectivity index (χ0n) is 13.0. The zero-order valence-corrected chi connectivity index (χ0v) is 13.8. The number of benzene rings is 1. The molecule has 1 heterocycles. The number of hydrogen-bond donors (Lipinski definition) is 1. The van der Waals surface area contributed by atoms with Gasteiger partial charge in [-0.2, -0.15) is 13.2 Å². The van der Waals surface area contributed by atoms with E-state index in [2.05, 4.69) is 5.16 Å². The number of halogens is 5. The summed E-state index contributed by atoms with van der Waals surface area (Å²) in [6.45, 7) is 3.03. The highest BCUT2D eigenvalue weighted by atomic mass is 32.2. The van der Waals surface area contributed by atoms with Crippen molar-refractivity contribution in [3.8, 4) is 0 Å². The van der Waals surface area contributed by atoms with Crippen molar-refractivity contribution in [2.75, 3.05) is 0 Å². The first-order valence-electron chi connectivity index (χ1n) is 6.81. The summed E-state index contributed by atoms with van der Waals surface area (Å²) < 4.78 is 79.5. The normalized spacial score (nSPS) is 18.8. The molecule has 25 heavy (non-hydrogen) atoms. The quantitative estimate of drug-likeness (QED) is 0.598. The molecular weight excluding hydrogens is 371 g/mol. The second kappa shape index (κ2) is 6.28. The average Bonchev–Trinajstić information content (AvgIpc) is 2.83. The molecule has 0 aromatic heterocycles. The van der Waals surface area contributed by atoms with Gasteiger partial charge in [0, 0.05) is 11.8 Å². The fraction of sp³-hybridized carbons (Fsp3) is 0.357. The van der Waals surface area contributed by atoms with Crippen molar-refractivity contribution in [2.45, 2.75) is 32.0 Å². The van der Waals surface area contributed by atoms with Gasteiger partial charge >= 0.3 is 12.1 Å². The van der Waals surface area contributed by atoms with Gasteiger partial charge in [0.2, 0.25) is 0 Å². The Morgan fingerprint density at radius 3 is 2.32 bits per heavy atom. The molecule has 1 aromatic rings. The van der Waals surface area contributed by atoms with E-state index in [9.17, 15) is 31.0 Å². The van der Waals surface area contributed by atoms with Gasteiger partial charge < -0.3 is 4.84 Å². The standard InChI is InChI=1S/C14H13F5N2O3S/c1-13(2)6-11(20-24-13)25(23,21-12(22)14(17,18)19)7-8-9(15)4-3-5-10(8)16/h3-5,7H,6H2,1-2H3,(H,21,22,23). The van der Waals surface area contributed by atoms with Gasteiger partial charge in [0.05, 0.1) is 5.56 Å². The Labute approximate surface area is 140 Å². The van der Waals surface area contributed by atoms with Crippen molar-refractivity contribution in [1.82, 2.24) is 4.72 Å². The zero-order chi connectivity index (χ0) is 19.0. The molecule has 1 aromatic carbocycles. The van der Waals surface area contributed by atoms with Crippen LogP contribution in [0, 0.1) is 11.6 Å². The van der Waals surface area contributed by atoms with Gasteiger partial charge in [-0.05, 0) is 26.0 Å². The molecule has 0 radical (unpaired) electrons. The molecule has 0 bridgehead atoms. The summed E-state index contributed by atoms with van der Waals surface area (Å²) in [7, 11) is -4.22. The maximum Gasteiger partial charge on any atom is 0.472 e. The number of rotatable bonds is 1. The van der Waals surface area contributed by atoms with Crippen LogP contribution in [0.1, 0.15) is 25.8 Å². The number of amides is 1. The lowest BCUT2D eigenvalue weighted by molar-refractivity contribution is -0.171. The van der Waals surface area contributed by atoms with E-state index < -0.39 is 49.6 Å². The van der Waals surface area contributed by atoms with Crippen LogP contribution in [-0.2, 0) is 19.3 Å². The Kier molecular flexibility index (Phi) is 4.81. The van der Waals surface area contributed by atoms with E-state index in [0.29, 0.717) is 5.37 Å². The Bertz CT molecular complexity index is 834. The first-order valence-corrected chi connectivity index (χ1v) is 8.43. The van der Waals surface area contributed by atoms with Crippen molar-refractivity contribution >= 4 is 26.0 Å². The van der Waals surface area contributed by atoms with Crippen LogP contribution >= 0.6 is 0 Å². The van der Waals surface area contributed by atoms with Crippen LogP contribution in [0.5, 0.6) is 0 Å². The van der Waals surface area contributed by atoms with Crippen LogP contribution in [-0.4, -0.2) is 32.3 Å². The van der Waals surface area contributed by atoms with E-state index in [0.717, 1.165) is 18.2 Å². The summed E-state index contributed by atoms with van der Waals surface area (Å²) in [5.41, 5.74) is -1.84. The van der Waals surface area contributed by atoms with E-state index in [4.69, 9.17) is 4.84 Å². The maximum atomic E-state index is 13.8. The SMILES string of the molecule is CC1(C)CC(S(=O)(=Cc2c(F)cccc2F)NC(=O)C(F)(F)F)=NO1. The van der Waals surface area contributed by atoms with E-state index in [1.165, 1.54) is 18.6 Å². The third-order valence-electron chi connectivity index (χ3n) is 3.11. The molecule has 11 heteroatoms. The second-order valence-corrected chi connectivity index (χ2v) is 7.91. The largest absolute Gasteiger partial charge is 0.472 e. The molecule has 2 rings (SSSR count). The number of alkyl halides is 3. The second-order valence-electron chi connectivity index (χ2n) is 5.80. The van der Waals surface area contributed by atoms with Crippen LogP contribution in [0.15, 0.2) is 23.4 Å². The molecule has 0 saturated heterocycles. The van der Waals surface area contributed by atoms with Gasteiger partial charge in [-0.25, -0.2) is 13.0 Å². The summed E-state index contributed by atoms with van der Waals surface area (Å²) in [4.78, 5) is 16.2. The Morgan fingerprint density at radius 1 is 1.32 bits per heavy atom. The molecule has 1 N–H and O–H groups in total. The fourth-order valence-electron chi connectivity index (χ4n) is 1.91. The van der Waals surface area contributed by atoms with Gasteiger partial charge in [-0.3, -0.25) is 9.52 Å². The molecule has 1 atom stereocenters. The molecule has 0 saturated carbocycles. The van der Waals surface area contributed by atoms with E-state index in [1.54, 1.807) is 0 Å². The lowest BCUT2D eigenvalue weighted by Gasteiger charge is -2.16. The number of hydrogen-bond acceptors (Lipinski definition) is 4. The molecule has 138 valence electrons. The lowest BCUT2D eigenvalue weighted by atomic mass is 10.1. The van der Waals surface area contributed by atoms with Crippen LogP contribution in [0.2, 0.25) is 0 Å². The highest BCUT2D eigenvalue weighted by Gasteiger charge is 2.43. The number of nitrogens with one attached hydrogen (secondary N) is 1. The Morgan fingerprint density at radius 2 is 1.88 bits per heavy atom. The number of nitrogens with zero attached hydrogens (tertiary/aromatic N) is 1. The molecule has 0 spiro atoms. The van der Waals surface area contributed by atoms with Crippen molar-refractivity contribution in [2.24, 2.45) is 5.16 Å². The first-order chi connectivity index (χ1) is 11.3. The van der Waals surface area contributed by atoms with E-state index in [1.807, 2.05) is 0 Å². The molecule has 0 fully saturated rings. The summed E-state index contributed by atoms with van der Waals surface area (Å²) in [6.07, 6.45) is -5.56. The number of oxime groups is 1. The molecule has 1 aliphatic heterocycles. The minimum atomic E-state index is -5.35. The fourth-order valence-corrected chi connectivity index (χ4v) is 3.88. The summed E-state index contributed by atoms with van der Waals surface area (Å²) in [6, 6.07) is 2.69. The first kappa shape index (κ1) is 19.2. The van der Waals surface area contributed by atoms with E-state index in [-0.39, 0.29) is 6.42 Å². The Hall–Kier alpha value is -2.17. The van der Waals surface area contributed by atoms with Crippen LogP contribution < -0.4 is 4.72 Å². The monoisotopic (exact) mass is 384 g/mol. The predicted molar refractivity (Wildman–Crippen MR) is 81.1 cm³/mol. The highest BCUT2D eigenvalue weighted by molar-refractivity contribution is 8.14. The molecule has 5 nitrogen and oxygen atoms in total. The van der Waals surface area contributed by atoms with Crippen molar-refractivity contribution in [1.29, 1.82) is 0 Å². The summed E-state index contributed by atoms with van der Waals surface area (Å²) in [5, 5.41) is 3.37. The third-order valence-corrected chi connectivity index (χ3v) is 5.08. The van der Waals surface area contributed by atoms with Crippen molar-refractivity contribution in [3.05, 3.63) is 35.4 Å². The minimum Gasteiger partial charge on any atom is -0.389 e. The highest BCUT2D eigenvalue weighted by Crippen LogP contribution is 2.26. The van der Waals surface area contributed by atoms with Crippen molar-refractivity contribution < 1.29 is 35.8 Å². The molecular formula is C14H13F5N2O3S. The predicted octanol–water partition coefficient (Wildman–Crippen LogP) is 2.51. The lowest BCUT2D eigenvalue weighted by Crippen LogP contribution is -2.44. The third kappa shape index (κ3) is 4.27. The maximum absolute atomic E-state index is 13.8. The van der Waals surface area contributed by atoms with E-state index >= 15 is 0 Å². The average molecular weight is 384 g/mol. The number of carbonyl (C=O) groups is 1. The van der Waals surface area contributed by atoms with Crippen LogP contribution in [0.4, 0.5) is 22.0 Å². The van der Waals surface area contributed by atoms with Gasteiger partial charge in [0.25, 0.3) is 0 Å². The molecule has 1 aliphatic rings.